The number of nitrogens with two attached hydrogens (primary N) is 2. The molecule has 1 fully saturated rings. The molecule has 29 heavy (non-hydrogen) atoms. The van der Waals surface area contributed by atoms with Crippen molar-refractivity contribution in [1.82, 2.24) is 9.97 Å². The van der Waals surface area contributed by atoms with Crippen LogP contribution in [0.3, 0.4) is 0 Å². The average Bonchev–Trinajstić information content (AvgIpc) is 2.61. The molecule has 1 aliphatic rings. The minimum atomic E-state index is 0.447. The number of hydrogen-bond acceptors (Lipinski definition) is 5. The van der Waals surface area contributed by atoms with Gasteiger partial charge in [0.15, 0.2) is 0 Å². The van der Waals surface area contributed by atoms with E-state index in [4.69, 9.17) is 11.5 Å². The maximum absolute atomic E-state index is 5.99. The summed E-state index contributed by atoms with van der Waals surface area (Å²) >= 11 is 0. The molecular formula is C23H30N5P. The van der Waals surface area contributed by atoms with Gasteiger partial charge < -0.3 is 11.5 Å². The van der Waals surface area contributed by atoms with Crippen LogP contribution < -0.4 is 16.8 Å². The van der Waals surface area contributed by atoms with Crippen LogP contribution >= 0.6 is 8.58 Å². The van der Waals surface area contributed by atoms with Crippen molar-refractivity contribution in [2.24, 2.45) is 10.7 Å². The van der Waals surface area contributed by atoms with Gasteiger partial charge in [-0.15, -0.1) is 0 Å². The fourth-order valence-corrected chi connectivity index (χ4v) is 4.85. The van der Waals surface area contributed by atoms with E-state index in [9.17, 15) is 0 Å². The van der Waals surface area contributed by atoms with Gasteiger partial charge in [0, 0.05) is 30.0 Å². The van der Waals surface area contributed by atoms with Gasteiger partial charge in [-0.3, -0.25) is 4.99 Å². The molecule has 0 bridgehead atoms. The minimum Gasteiger partial charge on any atom is -0.398 e. The van der Waals surface area contributed by atoms with E-state index < -0.39 is 0 Å². The lowest BCUT2D eigenvalue weighted by atomic mass is 9.77. The van der Waals surface area contributed by atoms with Crippen LogP contribution in [0.2, 0.25) is 0 Å². The Morgan fingerprint density at radius 1 is 1.34 bits per heavy atom. The van der Waals surface area contributed by atoms with Gasteiger partial charge in [0.05, 0.1) is 11.4 Å². The Morgan fingerprint density at radius 2 is 2.10 bits per heavy atom. The normalized spacial score (nSPS) is 15.3. The maximum Gasteiger partial charge on any atom is 0.127 e. The molecule has 1 atom stereocenters. The average molecular weight is 408 g/mol. The smallest absolute Gasteiger partial charge is 0.127 e. The van der Waals surface area contributed by atoms with Crippen molar-refractivity contribution in [3.8, 4) is 0 Å². The molecular weight excluding hydrogens is 377 g/mol. The summed E-state index contributed by atoms with van der Waals surface area (Å²) in [5, 5.41) is 1.34. The van der Waals surface area contributed by atoms with Crippen molar-refractivity contribution in [2.45, 2.75) is 45.4 Å². The molecule has 1 heterocycles. The third-order valence-electron chi connectivity index (χ3n) is 5.33. The maximum atomic E-state index is 5.99. The second kappa shape index (κ2) is 9.32. The van der Waals surface area contributed by atoms with Crippen LogP contribution in [0.15, 0.2) is 41.5 Å². The van der Waals surface area contributed by atoms with E-state index in [1.54, 1.807) is 6.21 Å². The standard InChI is InChI=1S/C23H30N5P/c1-5-21(26-13-14(2)24)19-10-9-18(16-7-6-8-16)20(23(19)29-4)11-17-12-22(25)28-15(3)27-17/h5,9-10,12-13,16,29H,2,6-8,11,24H2,1,3-4H3,(H2,25,27,28)/b21-5-,26-13-. The highest BCUT2D eigenvalue weighted by atomic mass is 31.1. The largest absolute Gasteiger partial charge is 0.398 e. The molecule has 4 N–H and O–H groups in total. The van der Waals surface area contributed by atoms with Gasteiger partial charge >= 0.3 is 0 Å². The predicted octanol–water partition coefficient (Wildman–Crippen LogP) is 4.06. The quantitative estimate of drug-likeness (QED) is 0.535. The Morgan fingerprint density at radius 3 is 2.66 bits per heavy atom. The Hall–Kier alpha value is -2.52. The lowest BCUT2D eigenvalue weighted by Gasteiger charge is -2.30. The van der Waals surface area contributed by atoms with E-state index in [1.807, 2.05) is 26.0 Å². The zero-order chi connectivity index (χ0) is 21.0. The number of anilines is 1. The number of nitrogen functional groups attached to an aromatic ring is 1. The van der Waals surface area contributed by atoms with Gasteiger partial charge in [0.1, 0.15) is 11.6 Å². The van der Waals surface area contributed by atoms with E-state index in [-0.39, 0.29) is 0 Å². The van der Waals surface area contributed by atoms with Crippen LogP contribution in [0.25, 0.3) is 5.70 Å². The van der Waals surface area contributed by atoms with Crippen molar-refractivity contribution in [3.05, 3.63) is 64.8 Å². The van der Waals surface area contributed by atoms with Gasteiger partial charge in [-0.1, -0.05) is 39.8 Å². The van der Waals surface area contributed by atoms with Crippen LogP contribution in [0, 0.1) is 6.92 Å². The SMILES string of the molecule is C=C(N)/C=N\C(=C/C)c1ccc(C2CCC2)c(Cc2cc(N)nc(C)n2)c1PC. The van der Waals surface area contributed by atoms with E-state index >= 15 is 0 Å². The summed E-state index contributed by atoms with van der Waals surface area (Å²) in [4.78, 5) is 13.4. The Bertz CT molecular complexity index is 953. The minimum absolute atomic E-state index is 0.447. The first-order valence-corrected chi connectivity index (χ1v) is 11.5. The summed E-state index contributed by atoms with van der Waals surface area (Å²) in [5.74, 6) is 1.87. The molecule has 0 spiro atoms. The number of nitrogens with zero attached hydrogens (tertiary/aromatic N) is 3. The van der Waals surface area contributed by atoms with Gasteiger partial charge in [0.25, 0.3) is 0 Å². The first-order valence-electron chi connectivity index (χ1n) is 10.0. The monoisotopic (exact) mass is 407 g/mol. The van der Waals surface area contributed by atoms with Crippen molar-refractivity contribution in [3.63, 3.8) is 0 Å². The summed E-state index contributed by atoms with van der Waals surface area (Å²) in [7, 11) is 0.640. The van der Waals surface area contributed by atoms with Gasteiger partial charge in [0.2, 0.25) is 0 Å². The summed E-state index contributed by atoms with van der Waals surface area (Å²) in [6.45, 7) is 9.84. The lowest BCUT2D eigenvalue weighted by molar-refractivity contribution is 0.418. The highest BCUT2D eigenvalue weighted by Crippen LogP contribution is 2.40. The zero-order valence-corrected chi connectivity index (χ0v) is 18.5. The van der Waals surface area contributed by atoms with Crippen LogP contribution in [0.1, 0.15) is 60.3 Å². The molecule has 2 aromatic rings. The molecule has 1 saturated carbocycles. The Labute approximate surface area is 175 Å². The Balaban J connectivity index is 2.13. The van der Waals surface area contributed by atoms with Gasteiger partial charge in [-0.2, -0.15) is 0 Å². The number of aromatic nitrogens is 2. The van der Waals surface area contributed by atoms with Crippen molar-refractivity contribution < 1.29 is 0 Å². The number of aryl methyl sites for hydroxylation is 1. The molecule has 0 amide bonds. The first kappa shape index (κ1) is 21.2. The second-order valence-corrected chi connectivity index (χ2v) is 8.45. The van der Waals surface area contributed by atoms with Crippen LogP contribution in [-0.2, 0) is 6.42 Å². The third-order valence-corrected chi connectivity index (χ3v) is 6.40. The zero-order valence-electron chi connectivity index (χ0n) is 17.5. The number of benzene rings is 1. The highest BCUT2D eigenvalue weighted by Gasteiger charge is 2.25. The van der Waals surface area contributed by atoms with Crippen molar-refractivity contribution in [2.75, 3.05) is 12.4 Å². The molecule has 0 aliphatic heterocycles. The molecule has 152 valence electrons. The van der Waals surface area contributed by atoms with E-state index in [1.165, 1.54) is 35.7 Å². The summed E-state index contributed by atoms with van der Waals surface area (Å²) in [6, 6.07) is 6.39. The lowest BCUT2D eigenvalue weighted by Crippen LogP contribution is -2.20. The van der Waals surface area contributed by atoms with Crippen LogP contribution in [0.5, 0.6) is 0 Å². The summed E-state index contributed by atoms with van der Waals surface area (Å²) in [5.41, 5.74) is 18.0. The second-order valence-electron chi connectivity index (χ2n) is 7.45. The number of allylic oxidation sites excluding steroid dienone is 2. The molecule has 1 aromatic heterocycles. The number of rotatable bonds is 7. The fourth-order valence-electron chi connectivity index (χ4n) is 3.83. The summed E-state index contributed by atoms with van der Waals surface area (Å²) < 4.78 is 0. The van der Waals surface area contributed by atoms with E-state index in [0.29, 0.717) is 31.8 Å². The molecule has 1 aromatic carbocycles. The van der Waals surface area contributed by atoms with Crippen molar-refractivity contribution in [1.29, 1.82) is 0 Å². The highest BCUT2D eigenvalue weighted by molar-refractivity contribution is 7.46. The van der Waals surface area contributed by atoms with Crippen molar-refractivity contribution >= 4 is 31.6 Å². The summed E-state index contributed by atoms with van der Waals surface area (Å²) in [6.07, 6.45) is 8.21. The van der Waals surface area contributed by atoms with Crippen LogP contribution in [0.4, 0.5) is 5.82 Å². The molecule has 0 saturated heterocycles. The van der Waals surface area contributed by atoms with Gasteiger partial charge in [-0.05, 0) is 55.7 Å². The third kappa shape index (κ3) is 4.91. The van der Waals surface area contributed by atoms with E-state index in [2.05, 4.69) is 40.3 Å². The molecule has 1 unspecified atom stereocenters. The first-order chi connectivity index (χ1) is 13.9. The molecule has 1 aliphatic carbocycles. The molecule has 0 radical (unpaired) electrons. The topological polar surface area (TPSA) is 90.2 Å². The molecule has 3 rings (SSSR count). The fraction of sp³-hybridized carbons (Fsp3) is 0.348. The van der Waals surface area contributed by atoms with E-state index in [0.717, 1.165) is 23.4 Å². The number of hydrogen-bond donors (Lipinski definition) is 2. The van der Waals surface area contributed by atoms with Gasteiger partial charge in [-0.25, -0.2) is 9.97 Å². The molecule has 5 nitrogen and oxygen atoms in total. The number of aliphatic imine (C=N–C) groups is 1. The predicted molar refractivity (Wildman–Crippen MR) is 126 cm³/mol. The Kier molecular flexibility index (Phi) is 6.81. The molecule has 6 heteroatoms. The van der Waals surface area contributed by atoms with Crippen LogP contribution in [-0.4, -0.2) is 22.8 Å².